The van der Waals surface area contributed by atoms with Gasteiger partial charge in [-0.15, -0.1) is 0 Å². The number of carbonyl (C=O) groups excluding carboxylic acids is 1. The van der Waals surface area contributed by atoms with Gasteiger partial charge in [-0.3, -0.25) is 4.79 Å². The molecule has 1 aliphatic heterocycles. The number of nitrogens with one attached hydrogen (secondary N) is 1. The monoisotopic (exact) mass is 291 g/mol. The van der Waals surface area contributed by atoms with Crippen molar-refractivity contribution >= 4 is 5.97 Å². The third-order valence-electron chi connectivity index (χ3n) is 3.69. The highest BCUT2D eigenvalue weighted by Gasteiger charge is 2.13. The topological polar surface area (TPSA) is 47.6 Å². The summed E-state index contributed by atoms with van der Waals surface area (Å²) < 4.78 is 11.0. The molecule has 116 valence electrons. The van der Waals surface area contributed by atoms with Crippen LogP contribution >= 0.6 is 0 Å². The number of rotatable bonds is 8. The second kappa shape index (κ2) is 8.67. The van der Waals surface area contributed by atoms with E-state index in [-0.39, 0.29) is 5.97 Å². The summed E-state index contributed by atoms with van der Waals surface area (Å²) in [5, 5.41) is 3.45. The van der Waals surface area contributed by atoms with E-state index in [1.165, 1.54) is 12.8 Å². The fourth-order valence-electron chi connectivity index (χ4n) is 2.43. The molecule has 1 aromatic rings. The maximum Gasteiger partial charge on any atom is 0.311 e. The van der Waals surface area contributed by atoms with Crippen LogP contribution in [0.3, 0.4) is 0 Å². The molecule has 0 aromatic heterocycles. The van der Waals surface area contributed by atoms with Crippen LogP contribution in [0.25, 0.3) is 0 Å². The van der Waals surface area contributed by atoms with Crippen LogP contribution in [0, 0.1) is 0 Å². The molecule has 4 heteroatoms. The zero-order chi connectivity index (χ0) is 14.9. The molecule has 2 rings (SSSR count). The van der Waals surface area contributed by atoms with Crippen molar-refractivity contribution in [2.24, 2.45) is 0 Å². The number of ether oxygens (including phenoxy) is 2. The van der Waals surface area contributed by atoms with Gasteiger partial charge in [0.05, 0.1) is 6.61 Å². The summed E-state index contributed by atoms with van der Waals surface area (Å²) >= 11 is 0. The van der Waals surface area contributed by atoms with Crippen LogP contribution in [-0.2, 0) is 4.79 Å². The van der Waals surface area contributed by atoms with Gasteiger partial charge in [-0.1, -0.05) is 13.3 Å². The Balaban J connectivity index is 1.69. The van der Waals surface area contributed by atoms with Crippen molar-refractivity contribution in [1.29, 1.82) is 0 Å². The van der Waals surface area contributed by atoms with E-state index in [4.69, 9.17) is 9.47 Å². The first-order valence-corrected chi connectivity index (χ1v) is 7.95. The van der Waals surface area contributed by atoms with Gasteiger partial charge in [-0.05, 0) is 56.5 Å². The zero-order valence-corrected chi connectivity index (χ0v) is 12.8. The van der Waals surface area contributed by atoms with E-state index in [1.54, 1.807) is 12.1 Å². The molecule has 0 radical (unpaired) electrons. The van der Waals surface area contributed by atoms with Crippen LogP contribution in [0.15, 0.2) is 24.3 Å². The molecule has 1 atom stereocenters. The lowest BCUT2D eigenvalue weighted by Gasteiger charge is -2.11. The first-order chi connectivity index (χ1) is 10.3. The number of hydrogen-bond acceptors (Lipinski definition) is 4. The molecule has 4 nitrogen and oxygen atoms in total. The van der Waals surface area contributed by atoms with Gasteiger partial charge in [-0.2, -0.15) is 0 Å². The molecule has 1 aliphatic rings. The predicted molar refractivity (Wildman–Crippen MR) is 82.7 cm³/mol. The SMILES string of the molecule is CCCCC(=O)Oc1ccc(OCCC2CCCN2)cc1. The highest BCUT2D eigenvalue weighted by Crippen LogP contribution is 2.19. The van der Waals surface area contributed by atoms with E-state index in [0.717, 1.165) is 31.6 Å². The van der Waals surface area contributed by atoms with Gasteiger partial charge in [0.1, 0.15) is 11.5 Å². The van der Waals surface area contributed by atoms with Crippen molar-refractivity contribution in [3.05, 3.63) is 24.3 Å². The fourth-order valence-corrected chi connectivity index (χ4v) is 2.43. The quantitative estimate of drug-likeness (QED) is 0.589. The molecule has 21 heavy (non-hydrogen) atoms. The standard InChI is InChI=1S/C17H25NO3/c1-2-3-6-17(19)21-16-9-7-15(8-10-16)20-13-11-14-5-4-12-18-14/h7-10,14,18H,2-6,11-13H2,1H3. The average molecular weight is 291 g/mol. The summed E-state index contributed by atoms with van der Waals surface area (Å²) in [6.07, 6.45) is 5.89. The smallest absolute Gasteiger partial charge is 0.311 e. The summed E-state index contributed by atoms with van der Waals surface area (Å²) in [4.78, 5) is 11.5. The second-order valence-electron chi connectivity index (χ2n) is 5.48. The molecule has 0 saturated carbocycles. The molecule has 1 fully saturated rings. The second-order valence-corrected chi connectivity index (χ2v) is 5.48. The van der Waals surface area contributed by atoms with Gasteiger partial charge in [0.15, 0.2) is 0 Å². The molecule has 1 heterocycles. The minimum Gasteiger partial charge on any atom is -0.494 e. The Bertz CT molecular complexity index is 424. The van der Waals surface area contributed by atoms with Crippen molar-refractivity contribution in [3.63, 3.8) is 0 Å². The van der Waals surface area contributed by atoms with Crippen molar-refractivity contribution in [1.82, 2.24) is 5.32 Å². The van der Waals surface area contributed by atoms with Crippen LogP contribution in [0.2, 0.25) is 0 Å². The third-order valence-corrected chi connectivity index (χ3v) is 3.69. The minimum atomic E-state index is -0.169. The molecule has 1 saturated heterocycles. The molecule has 0 bridgehead atoms. The van der Waals surface area contributed by atoms with Crippen LogP contribution in [0.4, 0.5) is 0 Å². The molecule has 0 amide bonds. The minimum absolute atomic E-state index is 0.169. The lowest BCUT2D eigenvalue weighted by atomic mass is 10.2. The zero-order valence-electron chi connectivity index (χ0n) is 12.8. The summed E-state index contributed by atoms with van der Waals surface area (Å²) in [5.41, 5.74) is 0. The van der Waals surface area contributed by atoms with Gasteiger partial charge in [0.2, 0.25) is 0 Å². The Morgan fingerprint density at radius 3 is 2.71 bits per heavy atom. The lowest BCUT2D eigenvalue weighted by molar-refractivity contribution is -0.134. The van der Waals surface area contributed by atoms with E-state index < -0.39 is 0 Å². The van der Waals surface area contributed by atoms with E-state index in [9.17, 15) is 4.79 Å². The van der Waals surface area contributed by atoms with E-state index >= 15 is 0 Å². The van der Waals surface area contributed by atoms with Gasteiger partial charge in [0.25, 0.3) is 0 Å². The first kappa shape index (κ1) is 15.8. The molecule has 1 unspecified atom stereocenters. The molecular weight excluding hydrogens is 266 g/mol. The van der Waals surface area contributed by atoms with Crippen molar-refractivity contribution in [3.8, 4) is 11.5 Å². The van der Waals surface area contributed by atoms with Gasteiger partial charge in [-0.25, -0.2) is 0 Å². The van der Waals surface area contributed by atoms with E-state index in [2.05, 4.69) is 12.2 Å². The van der Waals surface area contributed by atoms with Crippen LogP contribution in [-0.4, -0.2) is 25.2 Å². The molecule has 0 spiro atoms. The molecule has 0 aliphatic carbocycles. The Hall–Kier alpha value is -1.55. The third kappa shape index (κ3) is 5.76. The summed E-state index contributed by atoms with van der Waals surface area (Å²) in [7, 11) is 0. The largest absolute Gasteiger partial charge is 0.494 e. The number of benzene rings is 1. The highest BCUT2D eigenvalue weighted by molar-refractivity contribution is 5.72. The molecule has 1 aromatic carbocycles. The first-order valence-electron chi connectivity index (χ1n) is 7.95. The van der Waals surface area contributed by atoms with E-state index in [1.807, 2.05) is 12.1 Å². The Morgan fingerprint density at radius 1 is 1.29 bits per heavy atom. The molecular formula is C17H25NO3. The number of hydrogen-bond donors (Lipinski definition) is 1. The van der Waals surface area contributed by atoms with Gasteiger partial charge in [0, 0.05) is 12.5 Å². The van der Waals surface area contributed by atoms with E-state index in [0.29, 0.717) is 24.8 Å². The Morgan fingerprint density at radius 2 is 2.05 bits per heavy atom. The Kier molecular flexibility index (Phi) is 6.54. The van der Waals surface area contributed by atoms with Crippen molar-refractivity contribution in [2.45, 2.75) is 51.5 Å². The lowest BCUT2D eigenvalue weighted by Crippen LogP contribution is -2.23. The number of esters is 1. The van der Waals surface area contributed by atoms with Crippen LogP contribution in [0.5, 0.6) is 11.5 Å². The average Bonchev–Trinajstić information content (AvgIpc) is 3.00. The fraction of sp³-hybridized carbons (Fsp3) is 0.588. The maximum absolute atomic E-state index is 11.5. The van der Waals surface area contributed by atoms with Crippen LogP contribution in [0.1, 0.15) is 45.4 Å². The molecule has 1 N–H and O–H groups in total. The highest BCUT2D eigenvalue weighted by atomic mass is 16.5. The van der Waals surface area contributed by atoms with Crippen molar-refractivity contribution in [2.75, 3.05) is 13.2 Å². The summed E-state index contributed by atoms with van der Waals surface area (Å²) in [6.45, 7) is 3.90. The van der Waals surface area contributed by atoms with Crippen LogP contribution < -0.4 is 14.8 Å². The predicted octanol–water partition coefficient (Wildman–Crippen LogP) is 3.30. The summed E-state index contributed by atoms with van der Waals surface area (Å²) in [5.74, 6) is 1.24. The Labute approximate surface area is 126 Å². The summed E-state index contributed by atoms with van der Waals surface area (Å²) in [6, 6.07) is 7.87. The van der Waals surface area contributed by atoms with Gasteiger partial charge < -0.3 is 14.8 Å². The van der Waals surface area contributed by atoms with Crippen molar-refractivity contribution < 1.29 is 14.3 Å². The van der Waals surface area contributed by atoms with Gasteiger partial charge >= 0.3 is 5.97 Å². The number of unbranched alkanes of at least 4 members (excludes halogenated alkanes) is 1. The normalized spacial score (nSPS) is 17.7. The number of carbonyl (C=O) groups is 1. The maximum atomic E-state index is 11.5.